The second-order valence-electron chi connectivity index (χ2n) is 2.89. The largest absolute Gasteiger partial charge is 0.327 e. The van der Waals surface area contributed by atoms with Crippen LogP contribution < -0.4 is 5.73 Å². The minimum Gasteiger partial charge on any atom is -0.327 e. The minimum atomic E-state index is 0.300. The van der Waals surface area contributed by atoms with Crippen molar-refractivity contribution in [3.63, 3.8) is 0 Å². The third kappa shape index (κ3) is 7.42. The molecule has 11 heavy (non-hydrogen) atoms. The second kappa shape index (κ2) is 7.63. The van der Waals surface area contributed by atoms with Crippen LogP contribution in [0.3, 0.4) is 0 Å². The maximum Gasteiger partial charge on any atom is 0.0241 e. The fraction of sp³-hybridized carbons (Fsp3) is 0.800. The Morgan fingerprint density at radius 1 is 1.36 bits per heavy atom. The summed E-state index contributed by atoms with van der Waals surface area (Å²) >= 11 is 0. The second-order valence-corrected chi connectivity index (χ2v) is 2.89. The summed E-state index contributed by atoms with van der Waals surface area (Å²) in [4.78, 5) is 0. The van der Waals surface area contributed by atoms with Crippen molar-refractivity contribution in [3.05, 3.63) is 0 Å². The van der Waals surface area contributed by atoms with Crippen molar-refractivity contribution in [2.75, 3.05) is 0 Å². The Morgan fingerprint density at radius 3 is 2.64 bits per heavy atom. The van der Waals surface area contributed by atoms with Crippen molar-refractivity contribution in [1.29, 1.82) is 0 Å². The molecular weight excluding hydrogens is 134 g/mol. The van der Waals surface area contributed by atoms with E-state index < -0.39 is 0 Å². The lowest BCUT2D eigenvalue weighted by atomic mass is 10.1. The molecule has 0 radical (unpaired) electrons. The van der Waals surface area contributed by atoms with E-state index in [-0.39, 0.29) is 0 Å². The summed E-state index contributed by atoms with van der Waals surface area (Å²) in [5, 5.41) is 0. The standard InChI is InChI=1S/C10H19N/c1-3-5-7-9-10(11)8-6-4-2/h10H,3,5,7-9,11H2,1-2H3. The molecule has 1 heteroatoms. The van der Waals surface area contributed by atoms with Crippen LogP contribution in [0.5, 0.6) is 0 Å². The van der Waals surface area contributed by atoms with Gasteiger partial charge in [0.25, 0.3) is 0 Å². The zero-order chi connectivity index (χ0) is 8.53. The van der Waals surface area contributed by atoms with Gasteiger partial charge in [-0.25, -0.2) is 0 Å². The van der Waals surface area contributed by atoms with Gasteiger partial charge in [-0.3, -0.25) is 0 Å². The summed E-state index contributed by atoms with van der Waals surface area (Å²) in [6, 6.07) is 0.300. The van der Waals surface area contributed by atoms with Crippen molar-refractivity contribution in [3.8, 4) is 11.8 Å². The topological polar surface area (TPSA) is 26.0 Å². The van der Waals surface area contributed by atoms with Gasteiger partial charge in [0.05, 0.1) is 0 Å². The van der Waals surface area contributed by atoms with Gasteiger partial charge >= 0.3 is 0 Å². The Labute approximate surface area is 70.4 Å². The van der Waals surface area contributed by atoms with E-state index in [0.717, 1.165) is 12.8 Å². The van der Waals surface area contributed by atoms with Gasteiger partial charge in [-0.2, -0.15) is 0 Å². The summed E-state index contributed by atoms with van der Waals surface area (Å²) < 4.78 is 0. The van der Waals surface area contributed by atoms with Crippen molar-refractivity contribution < 1.29 is 0 Å². The van der Waals surface area contributed by atoms with Gasteiger partial charge in [0.1, 0.15) is 0 Å². The highest BCUT2D eigenvalue weighted by molar-refractivity contribution is 4.97. The first-order valence-electron chi connectivity index (χ1n) is 4.46. The Kier molecular flexibility index (Phi) is 7.29. The van der Waals surface area contributed by atoms with Crippen LogP contribution in [0.25, 0.3) is 0 Å². The molecule has 0 aliphatic carbocycles. The van der Waals surface area contributed by atoms with Crippen molar-refractivity contribution in [1.82, 2.24) is 0 Å². The molecule has 0 saturated heterocycles. The molecule has 0 aromatic heterocycles. The van der Waals surface area contributed by atoms with E-state index in [9.17, 15) is 0 Å². The van der Waals surface area contributed by atoms with Gasteiger partial charge < -0.3 is 5.73 Å². The van der Waals surface area contributed by atoms with Crippen LogP contribution >= 0.6 is 0 Å². The van der Waals surface area contributed by atoms with Gasteiger partial charge in [-0.15, -0.1) is 11.8 Å². The highest BCUT2D eigenvalue weighted by Gasteiger charge is 1.98. The molecule has 0 heterocycles. The Bertz CT molecular complexity index is 130. The lowest BCUT2D eigenvalue weighted by Crippen LogP contribution is -2.18. The smallest absolute Gasteiger partial charge is 0.0241 e. The Morgan fingerprint density at radius 2 is 2.09 bits per heavy atom. The third-order valence-electron chi connectivity index (χ3n) is 1.72. The highest BCUT2D eigenvalue weighted by atomic mass is 14.6. The van der Waals surface area contributed by atoms with Gasteiger partial charge in [0.15, 0.2) is 0 Å². The molecule has 1 nitrogen and oxygen atoms in total. The molecule has 2 N–H and O–H groups in total. The number of unbranched alkanes of at least 4 members (excludes halogenated alkanes) is 2. The molecule has 0 aliphatic rings. The van der Waals surface area contributed by atoms with Gasteiger partial charge in [0, 0.05) is 12.5 Å². The summed E-state index contributed by atoms with van der Waals surface area (Å²) in [5.74, 6) is 5.86. The van der Waals surface area contributed by atoms with Crippen molar-refractivity contribution >= 4 is 0 Å². The highest BCUT2D eigenvalue weighted by Crippen LogP contribution is 2.03. The third-order valence-corrected chi connectivity index (χ3v) is 1.72. The molecule has 0 bridgehead atoms. The molecule has 0 fully saturated rings. The van der Waals surface area contributed by atoms with Crippen molar-refractivity contribution in [2.45, 2.75) is 52.0 Å². The lowest BCUT2D eigenvalue weighted by Gasteiger charge is -2.05. The van der Waals surface area contributed by atoms with E-state index in [1.165, 1.54) is 19.3 Å². The number of nitrogens with two attached hydrogens (primary N) is 1. The van der Waals surface area contributed by atoms with Crippen LogP contribution in [0.4, 0.5) is 0 Å². The van der Waals surface area contributed by atoms with E-state index in [0.29, 0.717) is 6.04 Å². The first-order chi connectivity index (χ1) is 5.31. The molecule has 1 atom stereocenters. The quantitative estimate of drug-likeness (QED) is 0.476. The van der Waals surface area contributed by atoms with Crippen LogP contribution in [0, 0.1) is 11.8 Å². The molecule has 64 valence electrons. The molecule has 0 amide bonds. The van der Waals surface area contributed by atoms with E-state index >= 15 is 0 Å². The summed E-state index contributed by atoms with van der Waals surface area (Å²) in [7, 11) is 0. The van der Waals surface area contributed by atoms with Crippen LogP contribution in [0.1, 0.15) is 46.0 Å². The van der Waals surface area contributed by atoms with Gasteiger partial charge in [-0.05, 0) is 13.3 Å². The lowest BCUT2D eigenvalue weighted by molar-refractivity contribution is 0.569. The first-order valence-corrected chi connectivity index (χ1v) is 4.46. The Hall–Kier alpha value is -0.480. The first kappa shape index (κ1) is 10.5. The molecule has 0 aromatic carbocycles. The molecular formula is C10H19N. The zero-order valence-corrected chi connectivity index (χ0v) is 7.69. The number of rotatable bonds is 5. The van der Waals surface area contributed by atoms with E-state index in [4.69, 9.17) is 5.73 Å². The minimum absolute atomic E-state index is 0.300. The van der Waals surface area contributed by atoms with Gasteiger partial charge in [-0.1, -0.05) is 26.2 Å². The summed E-state index contributed by atoms with van der Waals surface area (Å²) in [6.45, 7) is 4.07. The predicted octanol–water partition coefficient (Wildman–Crippen LogP) is 2.31. The summed E-state index contributed by atoms with van der Waals surface area (Å²) in [5.41, 5.74) is 5.80. The molecule has 0 saturated carbocycles. The van der Waals surface area contributed by atoms with Gasteiger partial charge in [0.2, 0.25) is 0 Å². The van der Waals surface area contributed by atoms with Crippen molar-refractivity contribution in [2.24, 2.45) is 5.73 Å². The fourth-order valence-electron chi connectivity index (χ4n) is 0.992. The number of hydrogen-bond acceptors (Lipinski definition) is 1. The van der Waals surface area contributed by atoms with Crippen LogP contribution in [-0.4, -0.2) is 6.04 Å². The zero-order valence-electron chi connectivity index (χ0n) is 7.69. The average Bonchev–Trinajstić information content (AvgIpc) is 2.01. The van der Waals surface area contributed by atoms with Crippen LogP contribution in [0.2, 0.25) is 0 Å². The molecule has 1 unspecified atom stereocenters. The van der Waals surface area contributed by atoms with E-state index in [2.05, 4.69) is 18.8 Å². The van der Waals surface area contributed by atoms with Crippen LogP contribution in [-0.2, 0) is 0 Å². The normalized spacial score (nSPS) is 11.9. The molecule has 0 aromatic rings. The van der Waals surface area contributed by atoms with Crippen LogP contribution in [0.15, 0.2) is 0 Å². The fourth-order valence-corrected chi connectivity index (χ4v) is 0.992. The number of hydrogen-bond donors (Lipinski definition) is 1. The predicted molar refractivity (Wildman–Crippen MR) is 50.2 cm³/mol. The maximum atomic E-state index is 5.80. The average molecular weight is 153 g/mol. The molecule has 0 spiro atoms. The maximum absolute atomic E-state index is 5.80. The molecule has 0 rings (SSSR count). The molecule has 0 aliphatic heterocycles. The SMILES string of the molecule is CC#CCC(N)CCCCC. The monoisotopic (exact) mass is 153 g/mol. The van der Waals surface area contributed by atoms with E-state index in [1.54, 1.807) is 0 Å². The Balaban J connectivity index is 3.19. The summed E-state index contributed by atoms with van der Waals surface area (Å²) in [6.07, 6.45) is 5.81. The van der Waals surface area contributed by atoms with E-state index in [1.807, 2.05) is 6.92 Å².